The van der Waals surface area contributed by atoms with Gasteiger partial charge in [0.15, 0.2) is 5.69 Å². The predicted octanol–water partition coefficient (Wildman–Crippen LogP) is 4.11. The number of para-hydroxylation sites is 1. The first-order valence-electron chi connectivity index (χ1n) is 11.1. The molecule has 35 heavy (non-hydrogen) atoms. The molecule has 1 N–H and O–H groups in total. The van der Waals surface area contributed by atoms with Crippen molar-refractivity contribution in [3.05, 3.63) is 87.6 Å². The van der Waals surface area contributed by atoms with Crippen LogP contribution in [-0.4, -0.2) is 44.8 Å². The number of nitrogens with one attached hydrogen (secondary N) is 1. The van der Waals surface area contributed by atoms with E-state index >= 15 is 0 Å². The third-order valence-electron chi connectivity index (χ3n) is 5.91. The fraction of sp³-hybridized carbons (Fsp3) is 0.200. The summed E-state index contributed by atoms with van der Waals surface area (Å²) < 4.78 is 29.7. The zero-order valence-corrected chi connectivity index (χ0v) is 19.3. The van der Waals surface area contributed by atoms with Crippen LogP contribution in [0, 0.1) is 11.6 Å². The van der Waals surface area contributed by atoms with Crippen molar-refractivity contribution >= 4 is 34.9 Å². The number of imide groups is 1. The third kappa shape index (κ3) is 4.37. The quantitative estimate of drug-likeness (QED) is 0.522. The van der Waals surface area contributed by atoms with E-state index in [-0.39, 0.29) is 34.9 Å². The van der Waals surface area contributed by atoms with Crippen LogP contribution in [0.25, 0.3) is 11.8 Å². The largest absolute Gasteiger partial charge is 0.349 e. The Bertz CT molecular complexity index is 1380. The maximum Gasteiger partial charge on any atom is 0.293 e. The number of nitrogens with zero attached hydrogens (tertiary/aromatic N) is 3. The molecule has 7 nitrogen and oxygen atoms in total. The second kappa shape index (κ2) is 9.46. The number of amides is 3. The zero-order chi connectivity index (χ0) is 24.5. The zero-order valence-electron chi connectivity index (χ0n) is 18.5. The average Bonchev–Trinajstić information content (AvgIpc) is 3.52. The molecule has 0 bridgehead atoms. The number of carbonyl (C=O) groups excluding carboxylic acids is 3. The van der Waals surface area contributed by atoms with Gasteiger partial charge in [0.1, 0.15) is 17.3 Å². The monoisotopic (exact) mass is 494 g/mol. The molecule has 1 saturated heterocycles. The Labute approximate surface area is 203 Å². The van der Waals surface area contributed by atoms with Gasteiger partial charge >= 0.3 is 0 Å². The summed E-state index contributed by atoms with van der Waals surface area (Å²) in [4.78, 5) is 39.0. The summed E-state index contributed by atoms with van der Waals surface area (Å²) in [6, 6.07) is 12.2. The molecule has 0 spiro atoms. The van der Waals surface area contributed by atoms with Crippen molar-refractivity contribution in [3.8, 4) is 5.69 Å². The maximum absolute atomic E-state index is 14.3. The Morgan fingerprint density at radius 2 is 1.80 bits per heavy atom. The lowest BCUT2D eigenvalue weighted by molar-refractivity contribution is -0.122. The Hall–Kier alpha value is -3.79. The fourth-order valence-corrected chi connectivity index (χ4v) is 5.09. The standard InChI is InChI=1S/C25H20F2N4O3S/c26-17-8-2-1-6-15(17)14-21-24(33)30(25(34)35-21)13-12-28-23(32)22-16-7-5-11-19(16)31(29-22)20-10-4-3-9-18(20)27/h1-4,6,8-10,14H,5,7,11-13H2,(H,28,32)/b21-14-. The van der Waals surface area contributed by atoms with Crippen LogP contribution >= 0.6 is 11.8 Å². The summed E-state index contributed by atoms with van der Waals surface area (Å²) in [5.41, 5.74) is 2.30. The second-order valence-electron chi connectivity index (χ2n) is 8.10. The van der Waals surface area contributed by atoms with E-state index in [9.17, 15) is 23.2 Å². The summed E-state index contributed by atoms with van der Waals surface area (Å²) in [5, 5.41) is 6.60. The average molecular weight is 495 g/mol. The number of carbonyl (C=O) groups is 3. The van der Waals surface area contributed by atoms with Gasteiger partial charge in [0, 0.05) is 29.9 Å². The van der Waals surface area contributed by atoms with Crippen LogP contribution in [0.2, 0.25) is 0 Å². The molecule has 2 heterocycles. The lowest BCUT2D eigenvalue weighted by atomic mass is 10.2. The van der Waals surface area contributed by atoms with Crippen LogP contribution in [0.3, 0.4) is 0 Å². The second-order valence-corrected chi connectivity index (χ2v) is 9.09. The molecule has 178 valence electrons. The van der Waals surface area contributed by atoms with Crippen molar-refractivity contribution < 1.29 is 23.2 Å². The SMILES string of the molecule is O=C(NCCN1C(=O)S/C(=C\c2ccccc2F)C1=O)c1nn(-c2ccccc2F)c2c1CCC2. The Kier molecular flexibility index (Phi) is 6.21. The predicted molar refractivity (Wildman–Crippen MR) is 127 cm³/mol. The fourth-order valence-electron chi connectivity index (χ4n) is 4.23. The van der Waals surface area contributed by atoms with Gasteiger partial charge in [-0.2, -0.15) is 5.10 Å². The number of hydrogen-bond acceptors (Lipinski definition) is 5. The molecule has 10 heteroatoms. The number of fused-ring (bicyclic) bond motifs is 1. The van der Waals surface area contributed by atoms with Gasteiger partial charge < -0.3 is 5.32 Å². The molecule has 1 aromatic heterocycles. The van der Waals surface area contributed by atoms with Gasteiger partial charge in [0.05, 0.1) is 4.91 Å². The Morgan fingerprint density at radius 3 is 2.57 bits per heavy atom. The molecule has 1 fully saturated rings. The minimum atomic E-state index is -0.540. The molecule has 1 aliphatic heterocycles. The van der Waals surface area contributed by atoms with Gasteiger partial charge in [-0.3, -0.25) is 19.3 Å². The lowest BCUT2D eigenvalue weighted by Gasteiger charge is -2.12. The smallest absolute Gasteiger partial charge is 0.293 e. The van der Waals surface area contributed by atoms with Crippen molar-refractivity contribution in [3.63, 3.8) is 0 Å². The van der Waals surface area contributed by atoms with E-state index in [0.29, 0.717) is 12.8 Å². The van der Waals surface area contributed by atoms with Gasteiger partial charge in [-0.25, -0.2) is 13.5 Å². The van der Waals surface area contributed by atoms with Crippen LogP contribution < -0.4 is 5.32 Å². The molecule has 5 rings (SSSR count). The summed E-state index contributed by atoms with van der Waals surface area (Å²) in [5.74, 6) is -1.91. The van der Waals surface area contributed by atoms with E-state index in [4.69, 9.17) is 0 Å². The molecule has 0 radical (unpaired) electrons. The van der Waals surface area contributed by atoms with Crippen LogP contribution in [0.15, 0.2) is 53.4 Å². The van der Waals surface area contributed by atoms with Crippen LogP contribution in [0.5, 0.6) is 0 Å². The van der Waals surface area contributed by atoms with Crippen LogP contribution in [-0.2, 0) is 17.6 Å². The highest BCUT2D eigenvalue weighted by Gasteiger charge is 2.35. The van der Waals surface area contributed by atoms with Gasteiger partial charge in [0.25, 0.3) is 17.1 Å². The Balaban J connectivity index is 1.27. The van der Waals surface area contributed by atoms with E-state index in [0.717, 1.165) is 34.3 Å². The number of thioether (sulfide) groups is 1. The van der Waals surface area contributed by atoms with Crippen LogP contribution in [0.1, 0.15) is 33.7 Å². The number of aromatic nitrogens is 2. The highest BCUT2D eigenvalue weighted by Crippen LogP contribution is 2.32. The third-order valence-corrected chi connectivity index (χ3v) is 6.82. The lowest BCUT2D eigenvalue weighted by Crippen LogP contribution is -2.37. The van der Waals surface area contributed by atoms with Gasteiger partial charge in [-0.15, -0.1) is 0 Å². The molecular weight excluding hydrogens is 474 g/mol. The van der Waals surface area contributed by atoms with E-state index in [1.807, 2.05) is 0 Å². The molecule has 0 saturated carbocycles. The van der Waals surface area contributed by atoms with Crippen LogP contribution in [0.4, 0.5) is 13.6 Å². The summed E-state index contributed by atoms with van der Waals surface area (Å²) >= 11 is 0.727. The molecule has 0 atom stereocenters. The van der Waals surface area contributed by atoms with Gasteiger partial charge in [0.2, 0.25) is 0 Å². The first-order chi connectivity index (χ1) is 16.9. The van der Waals surface area contributed by atoms with Gasteiger partial charge in [-0.1, -0.05) is 30.3 Å². The summed E-state index contributed by atoms with van der Waals surface area (Å²) in [6.07, 6.45) is 3.54. The number of halogens is 2. The van der Waals surface area contributed by atoms with E-state index < -0.39 is 28.7 Å². The number of rotatable bonds is 6. The first-order valence-corrected chi connectivity index (χ1v) is 11.9. The molecule has 3 aromatic rings. The molecule has 2 aromatic carbocycles. The minimum absolute atomic E-state index is 0.0190. The topological polar surface area (TPSA) is 84.3 Å². The van der Waals surface area contributed by atoms with Crippen molar-refractivity contribution in [2.75, 3.05) is 13.1 Å². The highest BCUT2D eigenvalue weighted by atomic mass is 32.2. The van der Waals surface area contributed by atoms with Crippen molar-refractivity contribution in [2.24, 2.45) is 0 Å². The Morgan fingerprint density at radius 1 is 1.06 bits per heavy atom. The van der Waals surface area contributed by atoms with E-state index in [2.05, 4.69) is 10.4 Å². The highest BCUT2D eigenvalue weighted by molar-refractivity contribution is 8.18. The van der Waals surface area contributed by atoms with E-state index in [1.165, 1.54) is 35.0 Å². The molecular formula is C25H20F2N4O3S. The summed E-state index contributed by atoms with van der Waals surface area (Å²) in [6.45, 7) is -0.0214. The van der Waals surface area contributed by atoms with Gasteiger partial charge in [-0.05, 0) is 55.3 Å². The molecule has 0 unspecified atom stereocenters. The number of hydrogen-bond donors (Lipinski definition) is 1. The van der Waals surface area contributed by atoms with Crippen molar-refractivity contribution in [1.29, 1.82) is 0 Å². The van der Waals surface area contributed by atoms with Crippen molar-refractivity contribution in [1.82, 2.24) is 20.0 Å². The van der Waals surface area contributed by atoms with E-state index in [1.54, 1.807) is 24.3 Å². The molecule has 1 aliphatic carbocycles. The molecule has 3 amide bonds. The van der Waals surface area contributed by atoms with Crippen molar-refractivity contribution in [2.45, 2.75) is 19.3 Å². The first kappa shape index (κ1) is 23.0. The normalized spacial score (nSPS) is 16.3. The summed E-state index contributed by atoms with van der Waals surface area (Å²) in [7, 11) is 0. The molecule has 2 aliphatic rings. The maximum atomic E-state index is 14.3. The number of benzene rings is 2. The minimum Gasteiger partial charge on any atom is -0.349 e.